The van der Waals surface area contributed by atoms with E-state index in [0.717, 1.165) is 30.6 Å². The van der Waals surface area contributed by atoms with Gasteiger partial charge in [-0.1, -0.05) is 49.7 Å². The third-order valence-corrected chi connectivity index (χ3v) is 5.22. The number of nitrogens with one attached hydrogen (secondary N) is 1. The summed E-state index contributed by atoms with van der Waals surface area (Å²) in [6, 6.07) is 14.8. The van der Waals surface area contributed by atoms with Crippen molar-refractivity contribution < 1.29 is 14.3 Å². The highest BCUT2D eigenvalue weighted by atomic mass is 35.5. The van der Waals surface area contributed by atoms with Crippen molar-refractivity contribution in [3.63, 3.8) is 0 Å². The Labute approximate surface area is 159 Å². The van der Waals surface area contributed by atoms with E-state index in [0.29, 0.717) is 10.8 Å². The molecule has 4 nitrogen and oxygen atoms in total. The lowest BCUT2D eigenvalue weighted by molar-refractivity contribution is -0.124. The van der Waals surface area contributed by atoms with Crippen LogP contribution in [0.1, 0.15) is 44.7 Å². The Balaban J connectivity index is 1.70. The summed E-state index contributed by atoms with van der Waals surface area (Å²) < 4.78 is 11.8. The number of halogens is 1. The van der Waals surface area contributed by atoms with Crippen LogP contribution in [-0.2, 0) is 4.79 Å². The van der Waals surface area contributed by atoms with Crippen molar-refractivity contribution in [3.8, 4) is 11.5 Å². The van der Waals surface area contributed by atoms with E-state index in [9.17, 15) is 4.79 Å². The van der Waals surface area contributed by atoms with Crippen LogP contribution >= 0.6 is 11.6 Å². The third-order valence-electron chi connectivity index (χ3n) is 4.99. The maximum absolute atomic E-state index is 12.5. The van der Waals surface area contributed by atoms with Gasteiger partial charge in [-0.2, -0.15) is 0 Å². The van der Waals surface area contributed by atoms with E-state index in [2.05, 4.69) is 19.2 Å². The van der Waals surface area contributed by atoms with E-state index in [1.165, 1.54) is 0 Å². The summed E-state index contributed by atoms with van der Waals surface area (Å²) in [7, 11) is 0. The molecule has 1 aliphatic heterocycles. The van der Waals surface area contributed by atoms with Crippen molar-refractivity contribution in [1.82, 2.24) is 5.32 Å². The van der Waals surface area contributed by atoms with Crippen LogP contribution in [0.2, 0.25) is 5.02 Å². The van der Waals surface area contributed by atoms with Gasteiger partial charge in [-0.3, -0.25) is 4.79 Å². The number of hydrogen-bond acceptors (Lipinski definition) is 3. The van der Waals surface area contributed by atoms with Gasteiger partial charge in [0.25, 0.3) is 5.91 Å². The number of hydrogen-bond donors (Lipinski definition) is 1. The topological polar surface area (TPSA) is 47.6 Å². The second kappa shape index (κ2) is 8.00. The van der Waals surface area contributed by atoms with Gasteiger partial charge in [0.05, 0.1) is 6.04 Å². The molecule has 0 saturated heterocycles. The molecule has 1 heterocycles. The summed E-state index contributed by atoms with van der Waals surface area (Å²) in [6.45, 7) is 4.20. The van der Waals surface area contributed by atoms with Gasteiger partial charge in [-0.25, -0.2) is 0 Å². The first-order chi connectivity index (χ1) is 12.5. The van der Waals surface area contributed by atoms with Crippen molar-refractivity contribution in [3.05, 3.63) is 59.1 Å². The molecule has 1 atom stereocenters. The Bertz CT molecular complexity index is 773. The molecule has 0 bridgehead atoms. The van der Waals surface area contributed by atoms with Gasteiger partial charge in [0, 0.05) is 17.0 Å². The second-order valence-corrected chi connectivity index (χ2v) is 7.04. The number of fused-ring (bicyclic) bond motifs is 1. The quantitative estimate of drug-likeness (QED) is 0.781. The molecular formula is C21H24ClNO3. The van der Waals surface area contributed by atoms with Crippen molar-refractivity contribution >= 4 is 17.5 Å². The van der Waals surface area contributed by atoms with Crippen LogP contribution < -0.4 is 14.8 Å². The largest absolute Gasteiger partial charge is 0.487 e. The zero-order chi connectivity index (χ0) is 18.6. The average molecular weight is 374 g/mol. The molecule has 0 aromatic heterocycles. The molecule has 26 heavy (non-hydrogen) atoms. The molecule has 0 aliphatic carbocycles. The predicted octanol–water partition coefficient (Wildman–Crippen LogP) is 4.92. The maximum Gasteiger partial charge on any atom is 0.258 e. The average Bonchev–Trinajstić information content (AvgIpc) is 2.66. The van der Waals surface area contributed by atoms with Gasteiger partial charge < -0.3 is 14.8 Å². The molecule has 0 unspecified atom stereocenters. The normalized spacial score (nSPS) is 17.7. The summed E-state index contributed by atoms with van der Waals surface area (Å²) >= 11 is 5.94. The Kier molecular flexibility index (Phi) is 5.72. The summed E-state index contributed by atoms with van der Waals surface area (Å²) in [5.74, 6) is 1.27. The Morgan fingerprint density at radius 3 is 2.73 bits per heavy atom. The van der Waals surface area contributed by atoms with Crippen LogP contribution in [0.4, 0.5) is 0 Å². The monoisotopic (exact) mass is 373 g/mol. The summed E-state index contributed by atoms with van der Waals surface area (Å²) in [6.07, 6.45) is 2.53. The van der Waals surface area contributed by atoms with Crippen molar-refractivity contribution in [1.29, 1.82) is 0 Å². The van der Waals surface area contributed by atoms with Crippen molar-refractivity contribution in [2.75, 3.05) is 6.61 Å². The van der Waals surface area contributed by atoms with E-state index >= 15 is 0 Å². The molecule has 1 amide bonds. The minimum absolute atomic E-state index is 0.0505. The smallest absolute Gasteiger partial charge is 0.258 e. The molecule has 1 N–H and O–H groups in total. The molecule has 0 radical (unpaired) electrons. The van der Waals surface area contributed by atoms with Crippen LogP contribution in [0.5, 0.6) is 11.5 Å². The zero-order valence-corrected chi connectivity index (χ0v) is 15.9. The van der Waals surface area contributed by atoms with Gasteiger partial charge in [-0.15, -0.1) is 0 Å². The molecule has 0 fully saturated rings. The SMILES string of the molecule is CCC1(CC)C[C@@H](NC(=O)COc2cccc(Cl)c2)c2ccccc2O1. The van der Waals surface area contributed by atoms with Crippen LogP contribution in [0, 0.1) is 0 Å². The highest BCUT2D eigenvalue weighted by molar-refractivity contribution is 6.30. The molecule has 5 heteroatoms. The summed E-state index contributed by atoms with van der Waals surface area (Å²) in [4.78, 5) is 12.5. The number of carbonyl (C=O) groups excluding carboxylic acids is 1. The summed E-state index contributed by atoms with van der Waals surface area (Å²) in [5, 5.41) is 3.69. The minimum atomic E-state index is -0.250. The lowest BCUT2D eigenvalue weighted by Crippen LogP contribution is -2.45. The Hall–Kier alpha value is -2.20. The van der Waals surface area contributed by atoms with Crippen LogP contribution in [-0.4, -0.2) is 18.1 Å². The molecule has 2 aromatic rings. The zero-order valence-electron chi connectivity index (χ0n) is 15.1. The van der Waals surface area contributed by atoms with E-state index in [-0.39, 0.29) is 24.2 Å². The molecule has 2 aromatic carbocycles. The fourth-order valence-corrected chi connectivity index (χ4v) is 3.55. The molecule has 0 saturated carbocycles. The fourth-order valence-electron chi connectivity index (χ4n) is 3.37. The number of rotatable bonds is 6. The van der Waals surface area contributed by atoms with Crippen LogP contribution in [0.15, 0.2) is 48.5 Å². The first kappa shape index (κ1) is 18.6. The molecule has 3 rings (SSSR count). The first-order valence-corrected chi connectivity index (χ1v) is 9.38. The lowest BCUT2D eigenvalue weighted by Gasteiger charge is -2.41. The molecule has 138 valence electrons. The van der Waals surface area contributed by atoms with E-state index < -0.39 is 0 Å². The minimum Gasteiger partial charge on any atom is -0.487 e. The molecular weight excluding hydrogens is 350 g/mol. The van der Waals surface area contributed by atoms with Crippen molar-refractivity contribution in [2.45, 2.75) is 44.8 Å². The number of para-hydroxylation sites is 1. The number of amides is 1. The van der Waals surface area contributed by atoms with Crippen molar-refractivity contribution in [2.24, 2.45) is 0 Å². The predicted molar refractivity (Wildman–Crippen MR) is 103 cm³/mol. The Morgan fingerprint density at radius 2 is 2.00 bits per heavy atom. The van der Waals surface area contributed by atoms with Crippen LogP contribution in [0.25, 0.3) is 0 Å². The highest BCUT2D eigenvalue weighted by Crippen LogP contribution is 2.42. The first-order valence-electron chi connectivity index (χ1n) is 9.01. The maximum atomic E-state index is 12.5. The third kappa shape index (κ3) is 4.13. The molecule has 1 aliphatic rings. The van der Waals surface area contributed by atoms with E-state index in [1.807, 2.05) is 24.3 Å². The van der Waals surface area contributed by atoms with Gasteiger partial charge >= 0.3 is 0 Å². The lowest BCUT2D eigenvalue weighted by atomic mass is 9.83. The highest BCUT2D eigenvalue weighted by Gasteiger charge is 2.38. The van der Waals surface area contributed by atoms with Gasteiger partial charge in [0.2, 0.25) is 0 Å². The second-order valence-electron chi connectivity index (χ2n) is 6.60. The number of ether oxygens (including phenoxy) is 2. The van der Waals surface area contributed by atoms with Gasteiger partial charge in [-0.05, 0) is 37.1 Å². The van der Waals surface area contributed by atoms with Crippen LogP contribution in [0.3, 0.4) is 0 Å². The molecule has 0 spiro atoms. The van der Waals surface area contributed by atoms with Gasteiger partial charge in [0.1, 0.15) is 17.1 Å². The summed E-state index contributed by atoms with van der Waals surface area (Å²) in [5.41, 5.74) is 0.765. The van der Waals surface area contributed by atoms with E-state index in [4.69, 9.17) is 21.1 Å². The number of carbonyl (C=O) groups is 1. The number of benzene rings is 2. The Morgan fingerprint density at radius 1 is 1.23 bits per heavy atom. The fraction of sp³-hybridized carbons (Fsp3) is 0.381. The standard InChI is InChI=1S/C21H24ClNO3/c1-3-21(4-2)13-18(17-10-5-6-11-19(17)26-21)23-20(24)14-25-16-9-7-8-15(22)12-16/h5-12,18H,3-4,13-14H2,1-2H3,(H,23,24)/t18-/m1/s1. The van der Waals surface area contributed by atoms with Gasteiger partial charge in [0.15, 0.2) is 6.61 Å². The van der Waals surface area contributed by atoms with E-state index in [1.54, 1.807) is 24.3 Å².